The second-order valence-corrected chi connectivity index (χ2v) is 9.40. The number of hydrogen-bond acceptors (Lipinski definition) is 3. The molecule has 0 saturated carbocycles. The first-order valence-electron chi connectivity index (χ1n) is 9.57. The van der Waals surface area contributed by atoms with Gasteiger partial charge >= 0.3 is 0 Å². The molecule has 0 saturated heterocycles. The predicted octanol–water partition coefficient (Wildman–Crippen LogP) is 4.86. The van der Waals surface area contributed by atoms with Gasteiger partial charge in [0.25, 0.3) is 10.0 Å². The van der Waals surface area contributed by atoms with Crippen molar-refractivity contribution >= 4 is 33.2 Å². The number of halogens is 2. The van der Waals surface area contributed by atoms with E-state index in [0.29, 0.717) is 21.8 Å². The first-order chi connectivity index (χ1) is 14.7. The third kappa shape index (κ3) is 5.42. The molecule has 31 heavy (non-hydrogen) atoms. The molecule has 0 radical (unpaired) electrons. The Morgan fingerprint density at radius 3 is 2.35 bits per heavy atom. The Morgan fingerprint density at radius 1 is 1.06 bits per heavy atom. The zero-order valence-corrected chi connectivity index (χ0v) is 18.6. The topological polar surface area (TPSA) is 66.5 Å². The Hall–Kier alpha value is -2.90. The van der Waals surface area contributed by atoms with Gasteiger partial charge in [0, 0.05) is 5.02 Å². The van der Waals surface area contributed by atoms with E-state index in [1.165, 1.54) is 30.3 Å². The number of hydrogen-bond donors (Lipinski definition) is 1. The predicted molar refractivity (Wildman–Crippen MR) is 120 cm³/mol. The first-order valence-corrected chi connectivity index (χ1v) is 11.4. The molecule has 3 aromatic carbocycles. The molecular weight excluding hydrogens is 439 g/mol. The molecular formula is C23H22ClFN2O3S. The van der Waals surface area contributed by atoms with Crippen LogP contribution in [0.25, 0.3) is 0 Å². The number of aryl methyl sites for hydroxylation is 1. The van der Waals surface area contributed by atoms with E-state index in [0.717, 1.165) is 4.31 Å². The van der Waals surface area contributed by atoms with Crippen LogP contribution >= 0.6 is 11.6 Å². The van der Waals surface area contributed by atoms with E-state index in [1.54, 1.807) is 56.3 Å². The number of amides is 1. The molecule has 1 atom stereocenters. The minimum Gasteiger partial charge on any atom is -0.348 e. The Balaban J connectivity index is 1.92. The van der Waals surface area contributed by atoms with Crippen molar-refractivity contribution in [2.75, 3.05) is 10.8 Å². The summed E-state index contributed by atoms with van der Waals surface area (Å²) >= 11 is 6.12. The molecule has 0 aliphatic carbocycles. The van der Waals surface area contributed by atoms with Crippen LogP contribution in [0, 0.1) is 12.7 Å². The van der Waals surface area contributed by atoms with Crippen molar-refractivity contribution < 1.29 is 17.6 Å². The number of nitrogens with zero attached hydrogens (tertiary/aromatic N) is 1. The van der Waals surface area contributed by atoms with E-state index in [-0.39, 0.29) is 10.7 Å². The van der Waals surface area contributed by atoms with Gasteiger partial charge in [-0.3, -0.25) is 9.10 Å². The molecule has 0 aliphatic rings. The summed E-state index contributed by atoms with van der Waals surface area (Å²) in [6.45, 7) is 3.05. The Bertz CT molecular complexity index is 1170. The van der Waals surface area contributed by atoms with Gasteiger partial charge in [-0.05, 0) is 61.4 Å². The molecule has 1 amide bonds. The number of carbonyl (C=O) groups is 1. The standard InChI is InChI=1S/C23H22ClFN2O3S/c1-16-8-11-19(24)14-22(16)27(31(29,30)21-6-4-3-5-7-21)15-23(28)26-17(2)18-9-12-20(25)13-10-18/h3-14,17H,15H2,1-2H3,(H,26,28)/t17-/m0/s1. The van der Waals surface area contributed by atoms with Gasteiger partial charge in [0.1, 0.15) is 12.4 Å². The van der Waals surface area contributed by atoms with Crippen LogP contribution in [0.4, 0.5) is 10.1 Å². The molecule has 0 bridgehead atoms. The first kappa shape index (κ1) is 22.8. The summed E-state index contributed by atoms with van der Waals surface area (Å²) < 4.78 is 41.0. The minimum atomic E-state index is -4.03. The van der Waals surface area contributed by atoms with Gasteiger partial charge in [0.2, 0.25) is 5.91 Å². The molecule has 3 aromatic rings. The molecule has 3 rings (SSSR count). The fourth-order valence-electron chi connectivity index (χ4n) is 3.12. The van der Waals surface area contributed by atoms with Crippen LogP contribution in [-0.4, -0.2) is 20.9 Å². The van der Waals surface area contributed by atoms with Gasteiger partial charge in [-0.15, -0.1) is 0 Å². The van der Waals surface area contributed by atoms with Crippen molar-refractivity contribution in [3.63, 3.8) is 0 Å². The van der Waals surface area contributed by atoms with Gasteiger partial charge in [0.05, 0.1) is 16.6 Å². The van der Waals surface area contributed by atoms with Gasteiger partial charge in [0.15, 0.2) is 0 Å². The zero-order chi connectivity index (χ0) is 22.6. The van der Waals surface area contributed by atoms with Crippen molar-refractivity contribution in [2.45, 2.75) is 24.8 Å². The maximum Gasteiger partial charge on any atom is 0.264 e. The smallest absolute Gasteiger partial charge is 0.264 e. The number of sulfonamides is 1. The summed E-state index contributed by atoms with van der Waals surface area (Å²) in [5.41, 5.74) is 1.68. The van der Waals surface area contributed by atoms with E-state index in [2.05, 4.69) is 5.32 Å². The highest BCUT2D eigenvalue weighted by Gasteiger charge is 2.28. The van der Waals surface area contributed by atoms with Crippen LogP contribution in [0.1, 0.15) is 24.1 Å². The number of carbonyl (C=O) groups excluding carboxylic acids is 1. The molecule has 5 nitrogen and oxygen atoms in total. The van der Waals surface area contributed by atoms with E-state index in [9.17, 15) is 17.6 Å². The summed E-state index contributed by atoms with van der Waals surface area (Å²) in [7, 11) is -4.03. The number of rotatable bonds is 7. The molecule has 0 spiro atoms. The number of anilines is 1. The Kier molecular flexibility index (Phi) is 6.97. The molecule has 0 unspecified atom stereocenters. The van der Waals surface area contributed by atoms with Crippen molar-refractivity contribution in [1.82, 2.24) is 5.32 Å². The second-order valence-electron chi connectivity index (χ2n) is 7.10. The monoisotopic (exact) mass is 460 g/mol. The van der Waals surface area contributed by atoms with Crippen molar-refractivity contribution in [2.24, 2.45) is 0 Å². The molecule has 0 fully saturated rings. The lowest BCUT2D eigenvalue weighted by molar-refractivity contribution is -0.120. The van der Waals surface area contributed by atoms with Crippen LogP contribution in [0.5, 0.6) is 0 Å². The van der Waals surface area contributed by atoms with Crippen molar-refractivity contribution in [3.8, 4) is 0 Å². The molecule has 8 heteroatoms. The molecule has 0 aliphatic heterocycles. The highest BCUT2D eigenvalue weighted by Crippen LogP contribution is 2.29. The molecule has 0 aromatic heterocycles. The van der Waals surface area contributed by atoms with Crippen LogP contribution in [0.3, 0.4) is 0 Å². The van der Waals surface area contributed by atoms with Crippen LogP contribution in [0.15, 0.2) is 77.7 Å². The van der Waals surface area contributed by atoms with Gasteiger partial charge in [-0.25, -0.2) is 12.8 Å². The zero-order valence-electron chi connectivity index (χ0n) is 17.0. The number of benzene rings is 3. The summed E-state index contributed by atoms with van der Waals surface area (Å²) in [6.07, 6.45) is 0. The van der Waals surface area contributed by atoms with Crippen molar-refractivity contribution in [1.29, 1.82) is 0 Å². The quantitative estimate of drug-likeness (QED) is 0.547. The van der Waals surface area contributed by atoms with E-state index < -0.39 is 28.5 Å². The van der Waals surface area contributed by atoms with E-state index >= 15 is 0 Å². The van der Waals surface area contributed by atoms with Crippen LogP contribution < -0.4 is 9.62 Å². The fourth-order valence-corrected chi connectivity index (χ4v) is 4.79. The maximum atomic E-state index is 13.4. The average molecular weight is 461 g/mol. The third-order valence-corrected chi connectivity index (χ3v) is 6.81. The Morgan fingerprint density at radius 2 is 1.71 bits per heavy atom. The molecule has 1 N–H and O–H groups in total. The molecule has 162 valence electrons. The summed E-state index contributed by atoms with van der Waals surface area (Å²) in [5, 5.41) is 3.13. The lowest BCUT2D eigenvalue weighted by Gasteiger charge is -2.26. The lowest BCUT2D eigenvalue weighted by atomic mass is 10.1. The highest BCUT2D eigenvalue weighted by molar-refractivity contribution is 7.92. The highest BCUT2D eigenvalue weighted by atomic mass is 35.5. The Labute approximate surface area is 186 Å². The lowest BCUT2D eigenvalue weighted by Crippen LogP contribution is -2.41. The van der Waals surface area contributed by atoms with E-state index in [4.69, 9.17) is 11.6 Å². The average Bonchev–Trinajstić information content (AvgIpc) is 2.75. The maximum absolute atomic E-state index is 13.4. The third-order valence-electron chi connectivity index (χ3n) is 4.81. The SMILES string of the molecule is Cc1ccc(Cl)cc1N(CC(=O)N[C@@H](C)c1ccc(F)cc1)S(=O)(=O)c1ccccc1. The van der Waals surface area contributed by atoms with E-state index in [1.807, 2.05) is 0 Å². The van der Waals surface area contributed by atoms with Crippen LogP contribution in [0.2, 0.25) is 5.02 Å². The van der Waals surface area contributed by atoms with Gasteiger partial charge < -0.3 is 5.32 Å². The van der Waals surface area contributed by atoms with Gasteiger partial charge in [-0.2, -0.15) is 0 Å². The fraction of sp³-hybridized carbons (Fsp3) is 0.174. The van der Waals surface area contributed by atoms with Gasteiger partial charge in [-0.1, -0.05) is 48.0 Å². The molecule has 0 heterocycles. The normalized spacial score (nSPS) is 12.3. The van der Waals surface area contributed by atoms with Crippen LogP contribution in [-0.2, 0) is 14.8 Å². The summed E-state index contributed by atoms with van der Waals surface area (Å²) in [6, 6.07) is 18.1. The summed E-state index contributed by atoms with van der Waals surface area (Å²) in [5.74, 6) is -0.880. The largest absolute Gasteiger partial charge is 0.348 e. The minimum absolute atomic E-state index is 0.0637. The number of nitrogens with one attached hydrogen (secondary N) is 1. The van der Waals surface area contributed by atoms with Crippen molar-refractivity contribution in [3.05, 3.63) is 94.8 Å². The second kappa shape index (κ2) is 9.49. The summed E-state index contributed by atoms with van der Waals surface area (Å²) in [4.78, 5) is 12.9.